The standard InChI is InChI=1S/C33H30N6O7S/c40-25-6-4-24(5-7-25)34-26(41)18-37-13-8-21(9-14-37)17-38-15-10-22(30(38)43)16-23-20-47-32-28(31(44)39(32)29(23)33(45)46)35-27(42)19-36-11-2-1-3-12-36/h1-9,11-14,16,28,32H,10,15,17-20H2,(H2-2,34,35,40,41,42,45,46)/p+2/b22-16+. The van der Waals surface area contributed by atoms with Crippen LogP contribution in [0.2, 0.25) is 0 Å². The number of aliphatic carboxylic acids is 1. The highest BCUT2D eigenvalue weighted by molar-refractivity contribution is 8.00. The van der Waals surface area contributed by atoms with Gasteiger partial charge in [-0.3, -0.25) is 24.1 Å². The zero-order chi connectivity index (χ0) is 33.1. The first-order chi connectivity index (χ1) is 22.7. The number of nitrogens with zero attached hydrogens (tertiary/aromatic N) is 4. The average Bonchev–Trinajstić information content (AvgIpc) is 3.39. The van der Waals surface area contributed by atoms with Gasteiger partial charge >= 0.3 is 5.97 Å². The molecule has 3 aromatic rings. The Hall–Kier alpha value is -5.50. The van der Waals surface area contributed by atoms with E-state index in [0.717, 1.165) is 5.56 Å². The number of aromatic hydroxyl groups is 1. The van der Waals surface area contributed by atoms with E-state index in [1.165, 1.54) is 28.8 Å². The van der Waals surface area contributed by atoms with Gasteiger partial charge in [0, 0.05) is 54.4 Å². The molecule has 4 amide bonds. The van der Waals surface area contributed by atoms with Gasteiger partial charge in [-0.2, -0.15) is 9.13 Å². The van der Waals surface area contributed by atoms with Crippen LogP contribution >= 0.6 is 11.8 Å². The summed E-state index contributed by atoms with van der Waals surface area (Å²) < 4.78 is 3.38. The van der Waals surface area contributed by atoms with Gasteiger partial charge in [0.05, 0.1) is 0 Å². The summed E-state index contributed by atoms with van der Waals surface area (Å²) in [6, 6.07) is 14.4. The summed E-state index contributed by atoms with van der Waals surface area (Å²) in [7, 11) is 0. The second kappa shape index (κ2) is 13.5. The fourth-order valence-electron chi connectivity index (χ4n) is 5.67. The van der Waals surface area contributed by atoms with Crippen molar-refractivity contribution in [2.75, 3.05) is 17.6 Å². The molecule has 5 heterocycles. The lowest BCUT2D eigenvalue weighted by Crippen LogP contribution is -2.71. The van der Waals surface area contributed by atoms with Crippen LogP contribution in [-0.2, 0) is 43.6 Å². The van der Waals surface area contributed by atoms with Gasteiger partial charge in [0.15, 0.2) is 24.8 Å². The lowest BCUT2D eigenvalue weighted by molar-refractivity contribution is -0.684. The molecule has 3 aliphatic rings. The number of hydrogen-bond acceptors (Lipinski definition) is 7. The quantitative estimate of drug-likeness (QED) is 0.107. The molecule has 2 fully saturated rings. The summed E-state index contributed by atoms with van der Waals surface area (Å²) in [5.74, 6) is -2.18. The summed E-state index contributed by atoms with van der Waals surface area (Å²) in [5, 5.41) is 24.4. The highest BCUT2D eigenvalue weighted by Crippen LogP contribution is 2.41. The molecule has 4 N–H and O–H groups in total. The Kier molecular flexibility index (Phi) is 9.02. The first-order valence-electron chi connectivity index (χ1n) is 14.9. The summed E-state index contributed by atoms with van der Waals surface area (Å²) >= 11 is 1.35. The van der Waals surface area contributed by atoms with Gasteiger partial charge in [-0.05, 0) is 47.9 Å². The number of aromatic nitrogens is 2. The van der Waals surface area contributed by atoms with E-state index < -0.39 is 23.3 Å². The molecule has 14 heteroatoms. The molecule has 0 bridgehead atoms. The highest BCUT2D eigenvalue weighted by Gasteiger charge is 2.54. The third-order valence-electron chi connectivity index (χ3n) is 7.99. The Morgan fingerprint density at radius 2 is 1.62 bits per heavy atom. The van der Waals surface area contributed by atoms with E-state index in [4.69, 9.17) is 0 Å². The minimum absolute atomic E-state index is 0.0296. The van der Waals surface area contributed by atoms with E-state index in [-0.39, 0.29) is 48.0 Å². The molecule has 2 saturated heterocycles. The number of benzene rings is 1. The Labute approximate surface area is 273 Å². The fourth-order valence-corrected chi connectivity index (χ4v) is 6.98. The number of thioether (sulfide) groups is 1. The zero-order valence-corrected chi connectivity index (χ0v) is 25.9. The number of nitrogens with one attached hydrogen (secondary N) is 2. The maximum absolute atomic E-state index is 13.3. The Balaban J connectivity index is 1.06. The number of carbonyl (C=O) groups excluding carboxylic acids is 4. The molecule has 0 spiro atoms. The molecule has 6 rings (SSSR count). The van der Waals surface area contributed by atoms with Crippen LogP contribution in [-0.4, -0.2) is 73.3 Å². The molecule has 1 aromatic carbocycles. The second-order valence-electron chi connectivity index (χ2n) is 11.3. The number of hydrogen-bond donors (Lipinski definition) is 4. The van der Waals surface area contributed by atoms with Gasteiger partial charge in [-0.15, -0.1) is 11.8 Å². The number of carbonyl (C=O) groups is 5. The van der Waals surface area contributed by atoms with E-state index in [1.807, 2.05) is 18.2 Å². The minimum Gasteiger partial charge on any atom is -0.508 e. The SMILES string of the molecule is O=C(C[n+]1ccc(CN2CC/C(=C\C3=C(C(=O)O)N4C(=O)C(NC(=O)C[n+]5ccccc5)C4SC3)C2=O)cc1)Nc1ccc(O)cc1. The first kappa shape index (κ1) is 31.5. The fraction of sp³-hybridized carbons (Fsp3) is 0.242. The Morgan fingerprint density at radius 3 is 2.32 bits per heavy atom. The van der Waals surface area contributed by atoms with E-state index in [0.29, 0.717) is 36.3 Å². The smallest absolute Gasteiger partial charge is 0.352 e. The molecule has 2 unspecified atom stereocenters. The summed E-state index contributed by atoms with van der Waals surface area (Å²) in [5.41, 5.74) is 2.12. The zero-order valence-electron chi connectivity index (χ0n) is 25.1. The molecule has 47 heavy (non-hydrogen) atoms. The first-order valence-corrected chi connectivity index (χ1v) is 15.9. The van der Waals surface area contributed by atoms with E-state index in [1.54, 1.807) is 69.2 Å². The van der Waals surface area contributed by atoms with Crippen LogP contribution in [0.3, 0.4) is 0 Å². The number of amides is 4. The molecule has 0 saturated carbocycles. The monoisotopic (exact) mass is 656 g/mol. The number of carboxylic acid groups (broad SMARTS) is 1. The van der Waals surface area contributed by atoms with Crippen molar-refractivity contribution < 1.29 is 43.3 Å². The molecular formula is C33H32N6O7S+2. The summed E-state index contributed by atoms with van der Waals surface area (Å²) in [4.78, 5) is 66.5. The number of phenolic OH excluding ortho intramolecular Hbond substituents is 1. The van der Waals surface area contributed by atoms with Crippen molar-refractivity contribution in [2.24, 2.45) is 0 Å². The maximum Gasteiger partial charge on any atom is 0.352 e. The van der Waals surface area contributed by atoms with E-state index in [9.17, 15) is 34.2 Å². The van der Waals surface area contributed by atoms with E-state index in [2.05, 4.69) is 10.6 Å². The van der Waals surface area contributed by atoms with Crippen LogP contribution in [0.5, 0.6) is 5.75 Å². The van der Waals surface area contributed by atoms with Gasteiger partial charge in [0.1, 0.15) is 22.9 Å². The van der Waals surface area contributed by atoms with Crippen molar-refractivity contribution in [1.29, 1.82) is 0 Å². The van der Waals surface area contributed by atoms with Crippen LogP contribution < -0.4 is 19.8 Å². The Morgan fingerprint density at radius 1 is 0.936 bits per heavy atom. The van der Waals surface area contributed by atoms with Crippen LogP contribution in [0.25, 0.3) is 0 Å². The van der Waals surface area contributed by atoms with Gasteiger partial charge in [-0.25, -0.2) is 4.79 Å². The lowest BCUT2D eigenvalue weighted by atomic mass is 10.0. The molecule has 3 aliphatic heterocycles. The van der Waals surface area contributed by atoms with Gasteiger partial charge in [0.25, 0.3) is 17.7 Å². The van der Waals surface area contributed by atoms with Crippen molar-refractivity contribution in [3.8, 4) is 5.75 Å². The molecule has 2 atom stereocenters. The maximum atomic E-state index is 13.3. The van der Waals surface area contributed by atoms with Crippen molar-refractivity contribution in [3.63, 3.8) is 0 Å². The number of pyridine rings is 2. The number of allylic oxidation sites excluding steroid dienone is 1. The third-order valence-corrected chi connectivity index (χ3v) is 9.29. The van der Waals surface area contributed by atoms with Crippen molar-refractivity contribution >= 4 is 47.0 Å². The molecule has 13 nitrogen and oxygen atoms in total. The lowest BCUT2D eigenvalue weighted by Gasteiger charge is -2.49. The number of β-lactam (4-membered cyclic amide) rings is 1. The second-order valence-corrected chi connectivity index (χ2v) is 12.4. The van der Waals surface area contributed by atoms with Crippen LogP contribution in [0.1, 0.15) is 12.0 Å². The van der Waals surface area contributed by atoms with Gasteiger partial charge in [-0.1, -0.05) is 6.07 Å². The topological polar surface area (TPSA) is 164 Å². The number of carboxylic acids is 1. The van der Waals surface area contributed by atoms with Gasteiger partial charge < -0.3 is 25.7 Å². The predicted octanol–water partition coefficient (Wildman–Crippen LogP) is 0.703. The third kappa shape index (κ3) is 7.02. The van der Waals surface area contributed by atoms with Crippen molar-refractivity contribution in [2.45, 2.75) is 37.5 Å². The van der Waals surface area contributed by atoms with Crippen LogP contribution in [0, 0.1) is 0 Å². The molecule has 240 valence electrons. The number of likely N-dealkylation sites (tertiary alicyclic amines) is 1. The number of anilines is 1. The highest BCUT2D eigenvalue weighted by atomic mass is 32.2. The molecular weight excluding hydrogens is 624 g/mol. The van der Waals surface area contributed by atoms with Gasteiger partial charge in [0.2, 0.25) is 19.0 Å². The van der Waals surface area contributed by atoms with Crippen LogP contribution in [0.15, 0.2) is 102 Å². The summed E-state index contributed by atoms with van der Waals surface area (Å²) in [6.45, 7) is 0.902. The number of phenols is 1. The molecule has 2 aromatic heterocycles. The largest absolute Gasteiger partial charge is 0.508 e. The van der Waals surface area contributed by atoms with E-state index >= 15 is 0 Å². The summed E-state index contributed by atoms with van der Waals surface area (Å²) in [6.07, 6.45) is 9.00. The molecule has 0 aliphatic carbocycles. The average molecular weight is 657 g/mol. The Bertz CT molecular complexity index is 1790. The normalized spacial score (nSPS) is 19.8. The number of rotatable bonds is 10. The minimum atomic E-state index is -1.27. The number of fused-ring (bicyclic) bond motifs is 1. The predicted molar refractivity (Wildman–Crippen MR) is 168 cm³/mol. The van der Waals surface area contributed by atoms with Crippen molar-refractivity contribution in [3.05, 3.63) is 108 Å². The van der Waals surface area contributed by atoms with Crippen LogP contribution in [0.4, 0.5) is 5.69 Å². The van der Waals surface area contributed by atoms with Crippen molar-refractivity contribution in [1.82, 2.24) is 15.1 Å². The molecule has 0 radical (unpaired) electrons.